The molecule has 2 unspecified atom stereocenters. The molecule has 0 saturated carbocycles. The molecule has 2 heterocycles. The van der Waals surface area contributed by atoms with Crippen LogP contribution in [0.25, 0.3) is 0 Å². The topological polar surface area (TPSA) is 6.48 Å². The van der Waals surface area contributed by atoms with Gasteiger partial charge in [-0.2, -0.15) is 0 Å². The Hall–Kier alpha value is -0.860. The molecule has 1 aromatic carbocycles. The van der Waals surface area contributed by atoms with E-state index in [1.807, 2.05) is 0 Å². The molecule has 1 aromatic rings. The molecule has 0 aliphatic carbocycles. The molecule has 92 valence electrons. The highest BCUT2D eigenvalue weighted by Gasteiger charge is 2.33. The van der Waals surface area contributed by atoms with Crippen molar-refractivity contribution >= 4 is 0 Å². The van der Waals surface area contributed by atoms with E-state index in [1.54, 1.807) is 0 Å². The van der Waals surface area contributed by atoms with Gasteiger partial charge in [0.1, 0.15) is 0 Å². The SMILES string of the molecule is CN1CC2CCCCN2CC1c1ccccc1. The van der Waals surface area contributed by atoms with Crippen LogP contribution in [-0.2, 0) is 0 Å². The van der Waals surface area contributed by atoms with Crippen molar-refractivity contribution in [2.45, 2.75) is 31.3 Å². The summed E-state index contributed by atoms with van der Waals surface area (Å²) < 4.78 is 0. The Balaban J connectivity index is 1.78. The summed E-state index contributed by atoms with van der Waals surface area (Å²) >= 11 is 0. The monoisotopic (exact) mass is 230 g/mol. The van der Waals surface area contributed by atoms with Crippen molar-refractivity contribution in [3.8, 4) is 0 Å². The average Bonchev–Trinajstić information content (AvgIpc) is 2.39. The molecule has 2 fully saturated rings. The van der Waals surface area contributed by atoms with Gasteiger partial charge in [-0.1, -0.05) is 36.8 Å². The van der Waals surface area contributed by atoms with Gasteiger partial charge in [-0.3, -0.25) is 9.80 Å². The van der Waals surface area contributed by atoms with Crippen LogP contribution >= 0.6 is 0 Å². The number of piperidine rings is 1. The molecule has 2 nitrogen and oxygen atoms in total. The summed E-state index contributed by atoms with van der Waals surface area (Å²) in [4.78, 5) is 5.25. The van der Waals surface area contributed by atoms with Crippen molar-refractivity contribution in [3.63, 3.8) is 0 Å². The molecule has 0 aromatic heterocycles. The molecule has 0 spiro atoms. The number of likely N-dealkylation sites (N-methyl/N-ethyl adjacent to an activating group) is 1. The minimum absolute atomic E-state index is 0.588. The van der Waals surface area contributed by atoms with Gasteiger partial charge in [0.2, 0.25) is 0 Å². The number of fused-ring (bicyclic) bond motifs is 1. The van der Waals surface area contributed by atoms with Crippen LogP contribution in [0, 0.1) is 0 Å². The third kappa shape index (κ3) is 2.24. The molecular formula is C15H22N2. The van der Waals surface area contributed by atoms with Crippen LogP contribution in [0.3, 0.4) is 0 Å². The van der Waals surface area contributed by atoms with Crippen LogP contribution in [0.4, 0.5) is 0 Å². The zero-order chi connectivity index (χ0) is 11.7. The largest absolute Gasteiger partial charge is 0.297 e. The van der Waals surface area contributed by atoms with Gasteiger partial charge in [-0.05, 0) is 32.0 Å². The normalized spacial score (nSPS) is 31.1. The summed E-state index contributed by atoms with van der Waals surface area (Å²) in [6.45, 7) is 3.76. The first kappa shape index (κ1) is 11.2. The lowest BCUT2D eigenvalue weighted by Crippen LogP contribution is -2.54. The van der Waals surface area contributed by atoms with Gasteiger partial charge < -0.3 is 0 Å². The molecule has 0 radical (unpaired) electrons. The van der Waals surface area contributed by atoms with E-state index in [0.717, 1.165) is 6.04 Å². The first-order chi connectivity index (χ1) is 8.34. The van der Waals surface area contributed by atoms with Crippen molar-refractivity contribution in [2.24, 2.45) is 0 Å². The van der Waals surface area contributed by atoms with E-state index in [0.29, 0.717) is 6.04 Å². The summed E-state index contributed by atoms with van der Waals surface area (Å²) in [5.74, 6) is 0. The second-order valence-electron chi connectivity index (χ2n) is 5.51. The average molecular weight is 230 g/mol. The fraction of sp³-hybridized carbons (Fsp3) is 0.600. The molecule has 2 aliphatic rings. The number of benzene rings is 1. The first-order valence-electron chi connectivity index (χ1n) is 6.84. The van der Waals surface area contributed by atoms with Crippen molar-refractivity contribution in [1.29, 1.82) is 0 Å². The second-order valence-corrected chi connectivity index (χ2v) is 5.51. The molecule has 2 saturated heterocycles. The lowest BCUT2D eigenvalue weighted by atomic mass is 9.94. The van der Waals surface area contributed by atoms with Crippen LogP contribution < -0.4 is 0 Å². The maximum Gasteiger partial charge on any atom is 0.0472 e. The molecule has 2 aliphatic heterocycles. The number of hydrogen-bond donors (Lipinski definition) is 0. The summed E-state index contributed by atoms with van der Waals surface area (Å²) in [6, 6.07) is 12.4. The Morgan fingerprint density at radius 1 is 1.06 bits per heavy atom. The fourth-order valence-electron chi connectivity index (χ4n) is 3.36. The molecule has 17 heavy (non-hydrogen) atoms. The van der Waals surface area contributed by atoms with Crippen LogP contribution in [0.15, 0.2) is 30.3 Å². The highest BCUT2D eigenvalue weighted by atomic mass is 15.3. The minimum Gasteiger partial charge on any atom is -0.297 e. The molecule has 2 heteroatoms. The van der Waals surface area contributed by atoms with Gasteiger partial charge in [0, 0.05) is 25.2 Å². The maximum atomic E-state index is 2.71. The smallest absolute Gasteiger partial charge is 0.0472 e. The molecular weight excluding hydrogens is 208 g/mol. The zero-order valence-corrected chi connectivity index (χ0v) is 10.7. The van der Waals surface area contributed by atoms with Gasteiger partial charge >= 0.3 is 0 Å². The molecule has 3 rings (SSSR count). The van der Waals surface area contributed by atoms with E-state index in [-0.39, 0.29) is 0 Å². The Labute approximate surface area is 104 Å². The first-order valence-corrected chi connectivity index (χ1v) is 6.84. The van der Waals surface area contributed by atoms with Crippen molar-refractivity contribution in [2.75, 3.05) is 26.7 Å². The third-order valence-corrected chi connectivity index (χ3v) is 4.37. The zero-order valence-electron chi connectivity index (χ0n) is 10.7. The van der Waals surface area contributed by atoms with Crippen LogP contribution in [0.5, 0.6) is 0 Å². The summed E-state index contributed by atoms with van der Waals surface area (Å²) in [5, 5.41) is 0. The van der Waals surface area contributed by atoms with Gasteiger partial charge in [-0.15, -0.1) is 0 Å². The highest BCUT2D eigenvalue weighted by Crippen LogP contribution is 2.30. The van der Waals surface area contributed by atoms with E-state index in [9.17, 15) is 0 Å². The maximum absolute atomic E-state index is 2.71. The second kappa shape index (κ2) is 4.79. The number of hydrogen-bond acceptors (Lipinski definition) is 2. The quantitative estimate of drug-likeness (QED) is 0.731. The summed E-state index contributed by atoms with van der Waals surface area (Å²) in [6.07, 6.45) is 4.21. The fourth-order valence-corrected chi connectivity index (χ4v) is 3.36. The van der Waals surface area contributed by atoms with Crippen molar-refractivity contribution in [3.05, 3.63) is 35.9 Å². The van der Waals surface area contributed by atoms with Gasteiger partial charge in [0.25, 0.3) is 0 Å². The Morgan fingerprint density at radius 2 is 1.88 bits per heavy atom. The van der Waals surface area contributed by atoms with E-state index < -0.39 is 0 Å². The van der Waals surface area contributed by atoms with Crippen molar-refractivity contribution < 1.29 is 0 Å². The Kier molecular flexibility index (Phi) is 3.17. The predicted octanol–water partition coefficient (Wildman–Crippen LogP) is 2.53. The number of nitrogens with zero attached hydrogens (tertiary/aromatic N) is 2. The van der Waals surface area contributed by atoms with Crippen LogP contribution in [0.2, 0.25) is 0 Å². The highest BCUT2D eigenvalue weighted by molar-refractivity contribution is 5.20. The molecule has 2 atom stereocenters. The Morgan fingerprint density at radius 3 is 2.71 bits per heavy atom. The van der Waals surface area contributed by atoms with Gasteiger partial charge in [0.15, 0.2) is 0 Å². The lowest BCUT2D eigenvalue weighted by molar-refractivity contribution is 0.0223. The van der Waals surface area contributed by atoms with E-state index in [2.05, 4.69) is 47.2 Å². The number of piperazine rings is 1. The minimum atomic E-state index is 0.588. The van der Waals surface area contributed by atoms with E-state index >= 15 is 0 Å². The van der Waals surface area contributed by atoms with Gasteiger partial charge in [-0.25, -0.2) is 0 Å². The lowest BCUT2D eigenvalue weighted by Gasteiger charge is -2.47. The van der Waals surface area contributed by atoms with Crippen molar-refractivity contribution in [1.82, 2.24) is 9.80 Å². The predicted molar refractivity (Wildman–Crippen MR) is 71.0 cm³/mol. The molecule has 0 N–H and O–H groups in total. The van der Waals surface area contributed by atoms with Crippen LogP contribution in [0.1, 0.15) is 30.9 Å². The van der Waals surface area contributed by atoms with E-state index in [4.69, 9.17) is 0 Å². The summed E-state index contributed by atoms with van der Waals surface area (Å²) in [7, 11) is 2.28. The third-order valence-electron chi connectivity index (χ3n) is 4.37. The number of rotatable bonds is 1. The molecule has 0 amide bonds. The van der Waals surface area contributed by atoms with Crippen LogP contribution in [-0.4, -0.2) is 42.5 Å². The summed E-state index contributed by atoms with van der Waals surface area (Å²) in [5.41, 5.74) is 1.47. The Bertz CT molecular complexity index is 362. The molecule has 0 bridgehead atoms. The van der Waals surface area contributed by atoms with E-state index in [1.165, 1.54) is 44.5 Å². The standard InChI is InChI=1S/C15H22N2/c1-16-11-14-9-5-6-10-17(14)12-15(16)13-7-3-2-4-8-13/h2-4,7-8,14-15H,5-6,9-12H2,1H3. The van der Waals surface area contributed by atoms with Gasteiger partial charge in [0.05, 0.1) is 0 Å².